The summed E-state index contributed by atoms with van der Waals surface area (Å²) in [6.07, 6.45) is 6.19. The molecular formula is C15H28N2O2. The van der Waals surface area contributed by atoms with Crippen molar-refractivity contribution >= 4 is 5.97 Å². The summed E-state index contributed by atoms with van der Waals surface area (Å²) in [7, 11) is 1.49. The molecule has 0 aromatic heterocycles. The fourth-order valence-corrected chi connectivity index (χ4v) is 3.15. The number of nitrogens with one attached hydrogen (secondary N) is 1. The van der Waals surface area contributed by atoms with Crippen LogP contribution in [0.15, 0.2) is 0 Å². The van der Waals surface area contributed by atoms with Crippen LogP contribution < -0.4 is 5.32 Å². The molecule has 1 saturated carbocycles. The number of piperidine rings is 1. The molecule has 4 heteroatoms. The van der Waals surface area contributed by atoms with E-state index in [9.17, 15) is 4.79 Å². The first-order valence-electron chi connectivity index (χ1n) is 7.66. The number of methoxy groups -OCH3 is 1. The van der Waals surface area contributed by atoms with Crippen LogP contribution in [0.25, 0.3) is 0 Å². The summed E-state index contributed by atoms with van der Waals surface area (Å²) in [4.78, 5) is 14.5. The van der Waals surface area contributed by atoms with Crippen molar-refractivity contribution in [2.24, 2.45) is 5.92 Å². The summed E-state index contributed by atoms with van der Waals surface area (Å²) in [6, 6.07) is 0.510. The van der Waals surface area contributed by atoms with Gasteiger partial charge in [0, 0.05) is 19.1 Å². The lowest BCUT2D eigenvalue weighted by Gasteiger charge is -2.38. The third-order valence-electron chi connectivity index (χ3n) is 4.46. The molecule has 0 spiro atoms. The summed E-state index contributed by atoms with van der Waals surface area (Å²) in [5.74, 6) is 0.662. The SMILES string of the molecule is CCC1CCCN(CC(C)(NC2CC2)C(=O)OC)C1. The molecule has 1 aliphatic carbocycles. The fourth-order valence-electron chi connectivity index (χ4n) is 3.15. The lowest BCUT2D eigenvalue weighted by molar-refractivity contribution is -0.149. The number of likely N-dealkylation sites (tertiary alicyclic amines) is 1. The second kappa shape index (κ2) is 6.23. The monoisotopic (exact) mass is 268 g/mol. The predicted octanol–water partition coefficient (Wildman–Crippen LogP) is 1.79. The van der Waals surface area contributed by atoms with Gasteiger partial charge in [0.05, 0.1) is 7.11 Å². The van der Waals surface area contributed by atoms with Crippen molar-refractivity contribution in [3.8, 4) is 0 Å². The Balaban J connectivity index is 1.96. The van der Waals surface area contributed by atoms with Crippen LogP contribution in [0.3, 0.4) is 0 Å². The van der Waals surface area contributed by atoms with Crippen molar-refractivity contribution in [3.63, 3.8) is 0 Å². The average molecular weight is 268 g/mol. The number of carbonyl (C=O) groups excluding carboxylic acids is 1. The maximum atomic E-state index is 12.1. The van der Waals surface area contributed by atoms with Crippen LogP contribution >= 0.6 is 0 Å². The smallest absolute Gasteiger partial charge is 0.327 e. The number of rotatable bonds is 6. The van der Waals surface area contributed by atoms with Crippen molar-refractivity contribution in [1.82, 2.24) is 10.2 Å². The van der Waals surface area contributed by atoms with Crippen LogP contribution in [-0.2, 0) is 9.53 Å². The molecule has 1 N–H and O–H groups in total. The maximum absolute atomic E-state index is 12.1. The van der Waals surface area contributed by atoms with E-state index in [1.54, 1.807) is 0 Å². The minimum Gasteiger partial charge on any atom is -0.468 e. The molecule has 0 aromatic carbocycles. The normalized spacial score (nSPS) is 27.8. The van der Waals surface area contributed by atoms with Crippen LogP contribution in [0.4, 0.5) is 0 Å². The van der Waals surface area contributed by atoms with Crippen LogP contribution in [-0.4, -0.2) is 49.2 Å². The number of esters is 1. The largest absolute Gasteiger partial charge is 0.468 e. The van der Waals surface area contributed by atoms with Gasteiger partial charge in [-0.05, 0) is 45.1 Å². The highest BCUT2D eigenvalue weighted by molar-refractivity contribution is 5.80. The first kappa shape index (κ1) is 14.8. The van der Waals surface area contributed by atoms with E-state index in [4.69, 9.17) is 4.74 Å². The van der Waals surface area contributed by atoms with Gasteiger partial charge in [-0.3, -0.25) is 10.1 Å². The van der Waals surface area contributed by atoms with Gasteiger partial charge < -0.3 is 9.64 Å². The molecule has 1 heterocycles. The van der Waals surface area contributed by atoms with Gasteiger partial charge in [0.15, 0.2) is 0 Å². The number of ether oxygens (including phenoxy) is 1. The summed E-state index contributed by atoms with van der Waals surface area (Å²) >= 11 is 0. The van der Waals surface area contributed by atoms with E-state index < -0.39 is 5.54 Å². The molecule has 2 atom stereocenters. The van der Waals surface area contributed by atoms with Gasteiger partial charge in [0.2, 0.25) is 0 Å². The Morgan fingerprint density at radius 2 is 2.16 bits per heavy atom. The van der Waals surface area contributed by atoms with Crippen LogP contribution in [0.5, 0.6) is 0 Å². The Kier molecular flexibility index (Phi) is 4.85. The van der Waals surface area contributed by atoms with Crippen LogP contribution in [0, 0.1) is 5.92 Å². The molecule has 0 radical (unpaired) electrons. The summed E-state index contributed by atoms with van der Waals surface area (Å²) in [5.41, 5.74) is -0.550. The predicted molar refractivity (Wildman–Crippen MR) is 76.0 cm³/mol. The molecule has 0 amide bonds. The first-order chi connectivity index (χ1) is 9.07. The quantitative estimate of drug-likeness (QED) is 0.746. The molecule has 19 heavy (non-hydrogen) atoms. The van der Waals surface area contributed by atoms with E-state index in [0.717, 1.165) is 25.6 Å². The Labute approximate surface area is 116 Å². The Bertz CT molecular complexity index is 317. The van der Waals surface area contributed by atoms with Crippen molar-refractivity contribution in [3.05, 3.63) is 0 Å². The standard InChI is InChI=1S/C15H28N2O2/c1-4-12-6-5-9-17(10-12)11-15(2,14(18)19-3)16-13-7-8-13/h12-13,16H,4-11H2,1-3H3. The van der Waals surface area contributed by atoms with Crippen molar-refractivity contribution in [1.29, 1.82) is 0 Å². The minimum atomic E-state index is -0.550. The van der Waals surface area contributed by atoms with E-state index in [-0.39, 0.29) is 5.97 Å². The van der Waals surface area contributed by atoms with Crippen LogP contribution in [0.2, 0.25) is 0 Å². The molecule has 2 aliphatic rings. The fraction of sp³-hybridized carbons (Fsp3) is 0.933. The summed E-state index contributed by atoms with van der Waals surface area (Å²) in [6.45, 7) is 7.25. The van der Waals surface area contributed by atoms with Gasteiger partial charge in [0.1, 0.15) is 5.54 Å². The molecule has 1 saturated heterocycles. The van der Waals surface area contributed by atoms with E-state index >= 15 is 0 Å². The second-order valence-electron chi connectivity index (χ2n) is 6.39. The molecule has 2 rings (SSSR count). The highest BCUT2D eigenvalue weighted by atomic mass is 16.5. The van der Waals surface area contributed by atoms with E-state index in [2.05, 4.69) is 17.1 Å². The third kappa shape index (κ3) is 3.93. The molecule has 110 valence electrons. The Morgan fingerprint density at radius 1 is 1.42 bits per heavy atom. The Morgan fingerprint density at radius 3 is 2.74 bits per heavy atom. The molecule has 1 aliphatic heterocycles. The molecular weight excluding hydrogens is 240 g/mol. The second-order valence-corrected chi connectivity index (χ2v) is 6.39. The van der Waals surface area contributed by atoms with E-state index in [1.165, 1.54) is 39.2 Å². The van der Waals surface area contributed by atoms with Crippen molar-refractivity contribution in [2.75, 3.05) is 26.7 Å². The molecule has 4 nitrogen and oxygen atoms in total. The lowest BCUT2D eigenvalue weighted by atomic mass is 9.93. The number of hydrogen-bond donors (Lipinski definition) is 1. The van der Waals surface area contributed by atoms with Gasteiger partial charge in [-0.1, -0.05) is 13.3 Å². The first-order valence-corrected chi connectivity index (χ1v) is 7.66. The zero-order valence-corrected chi connectivity index (χ0v) is 12.6. The average Bonchev–Trinajstić information content (AvgIpc) is 3.21. The van der Waals surface area contributed by atoms with E-state index in [1.807, 2.05) is 6.92 Å². The maximum Gasteiger partial charge on any atom is 0.327 e. The zero-order valence-electron chi connectivity index (χ0n) is 12.6. The van der Waals surface area contributed by atoms with Crippen molar-refractivity contribution < 1.29 is 9.53 Å². The minimum absolute atomic E-state index is 0.127. The topological polar surface area (TPSA) is 41.6 Å². The zero-order chi connectivity index (χ0) is 13.9. The molecule has 2 unspecified atom stereocenters. The Hall–Kier alpha value is -0.610. The summed E-state index contributed by atoms with van der Waals surface area (Å²) < 4.78 is 5.01. The summed E-state index contributed by atoms with van der Waals surface area (Å²) in [5, 5.41) is 3.48. The van der Waals surface area contributed by atoms with Crippen molar-refractivity contribution in [2.45, 2.75) is 57.5 Å². The lowest BCUT2D eigenvalue weighted by Crippen LogP contribution is -2.59. The van der Waals surface area contributed by atoms with Gasteiger partial charge in [-0.15, -0.1) is 0 Å². The number of carbonyl (C=O) groups is 1. The molecule has 0 bridgehead atoms. The molecule has 0 aromatic rings. The van der Waals surface area contributed by atoms with Gasteiger partial charge in [-0.2, -0.15) is 0 Å². The molecule has 2 fully saturated rings. The van der Waals surface area contributed by atoms with Gasteiger partial charge in [-0.25, -0.2) is 0 Å². The highest BCUT2D eigenvalue weighted by Crippen LogP contribution is 2.26. The van der Waals surface area contributed by atoms with Gasteiger partial charge in [0.25, 0.3) is 0 Å². The number of hydrogen-bond acceptors (Lipinski definition) is 4. The van der Waals surface area contributed by atoms with E-state index in [0.29, 0.717) is 6.04 Å². The van der Waals surface area contributed by atoms with Gasteiger partial charge >= 0.3 is 5.97 Å². The van der Waals surface area contributed by atoms with Crippen LogP contribution in [0.1, 0.15) is 46.0 Å². The number of nitrogens with zero attached hydrogens (tertiary/aromatic N) is 1. The third-order valence-corrected chi connectivity index (χ3v) is 4.46. The highest BCUT2D eigenvalue weighted by Gasteiger charge is 2.41.